The molecule has 2 aromatic heterocycles. The van der Waals surface area contributed by atoms with Gasteiger partial charge >= 0.3 is 0 Å². The number of hydrogen-bond donors (Lipinski definition) is 0. The molecule has 2 rings (SSSR count). The van der Waals surface area contributed by atoms with Crippen molar-refractivity contribution in [2.24, 2.45) is 14.1 Å². The maximum atomic E-state index is 4.05. The minimum Gasteiger partial charge on any atom is -0.260 e. The zero-order valence-corrected chi connectivity index (χ0v) is 6.65. The van der Waals surface area contributed by atoms with Crippen LogP contribution in [0, 0.1) is 0 Å². The topological polar surface area (TPSA) is 21.7 Å². The molecule has 2 heterocycles. The lowest BCUT2D eigenvalue weighted by molar-refractivity contribution is -0.645. The highest BCUT2D eigenvalue weighted by Crippen LogP contribution is 2.05. The first-order valence-corrected chi connectivity index (χ1v) is 3.54. The van der Waals surface area contributed by atoms with E-state index in [1.165, 1.54) is 5.52 Å². The highest BCUT2D eigenvalue weighted by Gasteiger charge is 2.07. The maximum absolute atomic E-state index is 4.05. The van der Waals surface area contributed by atoms with Gasteiger partial charge in [0.05, 0.1) is 20.3 Å². The van der Waals surface area contributed by atoms with Gasteiger partial charge in [-0.25, -0.2) is 9.13 Å². The van der Waals surface area contributed by atoms with E-state index in [1.807, 2.05) is 38.9 Å². The summed E-state index contributed by atoms with van der Waals surface area (Å²) >= 11 is 0. The first-order chi connectivity index (χ1) is 5.29. The molecule has 0 radical (unpaired) electrons. The van der Waals surface area contributed by atoms with Crippen LogP contribution in [0.2, 0.25) is 0 Å². The van der Waals surface area contributed by atoms with E-state index in [-0.39, 0.29) is 0 Å². The monoisotopic (exact) mass is 148 g/mol. The predicted molar refractivity (Wildman–Crippen MR) is 41.9 cm³/mol. The Morgan fingerprint density at radius 1 is 1.55 bits per heavy atom. The number of imidazole rings is 1. The van der Waals surface area contributed by atoms with Gasteiger partial charge in [0, 0.05) is 12.3 Å². The van der Waals surface area contributed by atoms with Gasteiger partial charge in [-0.3, -0.25) is 4.98 Å². The molecular formula is C8H10N3+. The molecule has 0 spiro atoms. The van der Waals surface area contributed by atoms with Crippen molar-refractivity contribution in [2.75, 3.05) is 0 Å². The molecule has 56 valence electrons. The van der Waals surface area contributed by atoms with E-state index in [4.69, 9.17) is 0 Å². The second-order valence-corrected chi connectivity index (χ2v) is 2.70. The van der Waals surface area contributed by atoms with Crippen molar-refractivity contribution in [3.63, 3.8) is 0 Å². The minimum atomic E-state index is 1.16. The summed E-state index contributed by atoms with van der Waals surface area (Å²) in [5.41, 5.74) is 2.37. The molecule has 0 aromatic carbocycles. The second kappa shape index (κ2) is 2.05. The second-order valence-electron chi connectivity index (χ2n) is 2.70. The highest BCUT2D eigenvalue weighted by atomic mass is 15.1. The van der Waals surface area contributed by atoms with Crippen LogP contribution in [-0.4, -0.2) is 9.55 Å². The van der Waals surface area contributed by atoms with Gasteiger partial charge in [-0.1, -0.05) is 0 Å². The first kappa shape index (κ1) is 6.34. The summed E-state index contributed by atoms with van der Waals surface area (Å²) in [7, 11) is 4.05. The summed E-state index contributed by atoms with van der Waals surface area (Å²) in [6.45, 7) is 0. The molecule has 3 nitrogen and oxygen atoms in total. The quantitative estimate of drug-likeness (QED) is 0.495. The molecule has 0 aliphatic rings. The molecule has 2 aromatic rings. The number of aryl methyl sites for hydroxylation is 2. The van der Waals surface area contributed by atoms with E-state index in [1.54, 1.807) is 0 Å². The summed E-state index contributed by atoms with van der Waals surface area (Å²) in [5, 5.41) is 0. The van der Waals surface area contributed by atoms with E-state index < -0.39 is 0 Å². The Labute approximate surface area is 64.9 Å². The van der Waals surface area contributed by atoms with Gasteiger partial charge in [-0.15, -0.1) is 0 Å². The Morgan fingerprint density at radius 3 is 3.09 bits per heavy atom. The van der Waals surface area contributed by atoms with Crippen molar-refractivity contribution in [1.82, 2.24) is 9.55 Å². The summed E-state index contributed by atoms with van der Waals surface area (Å²) in [6.07, 6.45) is 5.71. The van der Waals surface area contributed by atoms with Gasteiger partial charge in [-0.05, 0) is 0 Å². The zero-order valence-electron chi connectivity index (χ0n) is 6.65. The summed E-state index contributed by atoms with van der Waals surface area (Å²) in [5.74, 6) is 0. The smallest absolute Gasteiger partial charge is 0.244 e. The van der Waals surface area contributed by atoms with Crippen molar-refractivity contribution in [3.8, 4) is 0 Å². The number of rotatable bonds is 0. The van der Waals surface area contributed by atoms with E-state index in [0.29, 0.717) is 0 Å². The fraction of sp³-hybridized carbons (Fsp3) is 0.250. The van der Waals surface area contributed by atoms with Gasteiger partial charge in [0.15, 0.2) is 11.0 Å². The average molecular weight is 148 g/mol. The zero-order chi connectivity index (χ0) is 7.84. The van der Waals surface area contributed by atoms with Crippen LogP contribution in [0.5, 0.6) is 0 Å². The molecule has 0 bridgehead atoms. The molecule has 0 N–H and O–H groups in total. The Hall–Kier alpha value is -1.38. The molecule has 0 unspecified atom stereocenters. The van der Waals surface area contributed by atoms with E-state index in [9.17, 15) is 0 Å². The fourth-order valence-corrected chi connectivity index (χ4v) is 1.33. The van der Waals surface area contributed by atoms with Crippen molar-refractivity contribution in [2.45, 2.75) is 0 Å². The Kier molecular flexibility index (Phi) is 1.18. The van der Waals surface area contributed by atoms with Crippen LogP contribution in [0.3, 0.4) is 0 Å². The summed E-state index contributed by atoms with van der Waals surface area (Å²) in [4.78, 5) is 4.05. The van der Waals surface area contributed by atoms with Crippen molar-refractivity contribution in [3.05, 3.63) is 24.8 Å². The summed E-state index contributed by atoms with van der Waals surface area (Å²) < 4.78 is 4.14. The molecule has 0 atom stereocenters. The third-order valence-electron chi connectivity index (χ3n) is 1.88. The predicted octanol–water partition coefficient (Wildman–Crippen LogP) is 0.398. The van der Waals surface area contributed by atoms with Crippen LogP contribution in [0.25, 0.3) is 11.0 Å². The van der Waals surface area contributed by atoms with E-state index in [2.05, 4.69) is 14.1 Å². The van der Waals surface area contributed by atoms with Crippen molar-refractivity contribution in [1.29, 1.82) is 0 Å². The van der Waals surface area contributed by atoms with Crippen LogP contribution in [-0.2, 0) is 14.1 Å². The van der Waals surface area contributed by atoms with Crippen LogP contribution in [0.1, 0.15) is 0 Å². The van der Waals surface area contributed by atoms with Crippen LogP contribution in [0.4, 0.5) is 0 Å². The van der Waals surface area contributed by atoms with Crippen LogP contribution >= 0.6 is 0 Å². The molecule has 3 heteroatoms. The number of aromatic nitrogens is 3. The molecule has 0 saturated heterocycles. The summed E-state index contributed by atoms with van der Waals surface area (Å²) in [6, 6.07) is 2.01. The van der Waals surface area contributed by atoms with Gasteiger partial charge in [-0.2, -0.15) is 0 Å². The number of fused-ring (bicyclic) bond motifs is 1. The third kappa shape index (κ3) is 0.808. The van der Waals surface area contributed by atoms with Crippen molar-refractivity contribution < 1.29 is 4.57 Å². The maximum Gasteiger partial charge on any atom is 0.244 e. The standard InChI is InChI=1S/C8H10N3/c1-10-6-11(2)8-5-9-4-3-7(8)10/h3-6H,1-2H3/q+1. The molecule has 11 heavy (non-hydrogen) atoms. The van der Waals surface area contributed by atoms with Gasteiger partial charge in [0.1, 0.15) is 0 Å². The molecule has 0 saturated carbocycles. The van der Waals surface area contributed by atoms with E-state index >= 15 is 0 Å². The SMILES string of the molecule is Cn1c[n+](C)c2ccncc21. The first-order valence-electron chi connectivity index (χ1n) is 3.54. The van der Waals surface area contributed by atoms with Gasteiger partial charge in [0.25, 0.3) is 0 Å². The van der Waals surface area contributed by atoms with E-state index in [0.717, 1.165) is 5.52 Å². The Bertz CT molecular complexity index is 353. The molecular weight excluding hydrogens is 138 g/mol. The van der Waals surface area contributed by atoms with Crippen molar-refractivity contribution >= 4 is 11.0 Å². The molecule has 0 aliphatic heterocycles. The largest absolute Gasteiger partial charge is 0.260 e. The Morgan fingerprint density at radius 2 is 2.36 bits per heavy atom. The molecule has 0 amide bonds. The lowest BCUT2D eigenvalue weighted by atomic mass is 10.4. The minimum absolute atomic E-state index is 1.16. The Balaban J connectivity index is 2.95. The normalized spacial score (nSPS) is 10.7. The van der Waals surface area contributed by atoms with Crippen LogP contribution < -0.4 is 4.57 Å². The number of hydrogen-bond acceptors (Lipinski definition) is 1. The van der Waals surface area contributed by atoms with Gasteiger partial charge in [0.2, 0.25) is 6.33 Å². The number of nitrogens with zero attached hydrogens (tertiary/aromatic N) is 3. The lowest BCUT2D eigenvalue weighted by Gasteiger charge is -1.83. The molecule has 0 aliphatic carbocycles. The average Bonchev–Trinajstić information content (AvgIpc) is 2.30. The van der Waals surface area contributed by atoms with Crippen LogP contribution in [0.15, 0.2) is 24.8 Å². The molecule has 0 fully saturated rings. The fourth-order valence-electron chi connectivity index (χ4n) is 1.33. The lowest BCUT2D eigenvalue weighted by Crippen LogP contribution is -2.25. The third-order valence-corrected chi connectivity index (χ3v) is 1.88. The van der Waals surface area contributed by atoms with Gasteiger partial charge < -0.3 is 0 Å². The number of pyridine rings is 1. The highest BCUT2D eigenvalue weighted by molar-refractivity contribution is 5.69.